The average Bonchev–Trinajstić information content (AvgIpc) is 3.19. The van der Waals surface area contributed by atoms with Crippen molar-refractivity contribution in [1.82, 2.24) is 10.2 Å². The Bertz CT molecular complexity index is 477. The number of rotatable bonds is 5. The third kappa shape index (κ3) is 3.83. The van der Waals surface area contributed by atoms with E-state index in [1.165, 1.54) is 37.1 Å². The molecule has 2 fully saturated rings. The van der Waals surface area contributed by atoms with Crippen molar-refractivity contribution < 1.29 is 9.53 Å². The van der Waals surface area contributed by atoms with Crippen molar-refractivity contribution in [1.29, 1.82) is 0 Å². The fraction of sp³-hybridized carbons (Fsp3) is 0.588. The Labute approximate surface area is 126 Å². The molecule has 0 radical (unpaired) electrons. The maximum absolute atomic E-state index is 12.0. The van der Waals surface area contributed by atoms with Crippen LogP contribution in [0.1, 0.15) is 36.8 Å². The van der Waals surface area contributed by atoms with Crippen molar-refractivity contribution in [3.8, 4) is 0 Å². The van der Waals surface area contributed by atoms with E-state index in [2.05, 4.69) is 28.4 Å². The number of likely N-dealkylation sites (tertiary alicyclic amines) is 1. The largest absolute Gasteiger partial charge is 0.368 e. The number of hydrogen-bond acceptors (Lipinski definition) is 3. The van der Waals surface area contributed by atoms with Crippen LogP contribution >= 0.6 is 0 Å². The van der Waals surface area contributed by atoms with Gasteiger partial charge in [0.15, 0.2) is 0 Å². The number of carbonyl (C=O) groups is 1. The summed E-state index contributed by atoms with van der Waals surface area (Å²) in [5.41, 5.74) is 2.54. The first-order valence-corrected chi connectivity index (χ1v) is 8.01. The highest BCUT2D eigenvalue weighted by Gasteiger charge is 2.23. The fourth-order valence-electron chi connectivity index (χ4n) is 3.15. The topological polar surface area (TPSA) is 41.6 Å². The van der Waals surface area contributed by atoms with Gasteiger partial charge in [-0.25, -0.2) is 0 Å². The van der Waals surface area contributed by atoms with Crippen molar-refractivity contribution in [2.24, 2.45) is 0 Å². The Morgan fingerprint density at radius 2 is 1.95 bits per heavy atom. The predicted octanol–water partition coefficient (Wildman–Crippen LogP) is 2.08. The molecule has 114 valence electrons. The van der Waals surface area contributed by atoms with Gasteiger partial charge in [-0.15, -0.1) is 0 Å². The van der Waals surface area contributed by atoms with Gasteiger partial charge in [-0.3, -0.25) is 9.69 Å². The van der Waals surface area contributed by atoms with E-state index in [1.54, 1.807) is 0 Å². The van der Waals surface area contributed by atoms with Gasteiger partial charge in [-0.2, -0.15) is 0 Å². The van der Waals surface area contributed by atoms with Crippen LogP contribution in [0.5, 0.6) is 0 Å². The maximum Gasteiger partial charge on any atom is 0.249 e. The summed E-state index contributed by atoms with van der Waals surface area (Å²) in [7, 11) is 0. The normalized spacial score (nSPS) is 22.6. The molecule has 2 saturated heterocycles. The van der Waals surface area contributed by atoms with Crippen molar-refractivity contribution in [3.05, 3.63) is 35.4 Å². The van der Waals surface area contributed by atoms with E-state index in [-0.39, 0.29) is 12.0 Å². The summed E-state index contributed by atoms with van der Waals surface area (Å²) in [5.74, 6) is 0.0310. The summed E-state index contributed by atoms with van der Waals surface area (Å²) in [6, 6.07) is 8.41. The number of nitrogens with zero attached hydrogens (tertiary/aromatic N) is 1. The van der Waals surface area contributed by atoms with Gasteiger partial charge in [0.25, 0.3) is 0 Å². The fourth-order valence-corrected chi connectivity index (χ4v) is 3.15. The molecule has 1 amide bonds. The first-order chi connectivity index (χ1) is 10.3. The Hall–Kier alpha value is -1.39. The highest BCUT2D eigenvalue weighted by atomic mass is 16.5. The third-order valence-electron chi connectivity index (χ3n) is 4.39. The van der Waals surface area contributed by atoms with E-state index in [0.717, 1.165) is 19.4 Å². The molecule has 1 aromatic carbocycles. The molecule has 0 spiro atoms. The van der Waals surface area contributed by atoms with Crippen LogP contribution in [0.2, 0.25) is 0 Å². The first kappa shape index (κ1) is 14.5. The molecular formula is C17H24N2O2. The van der Waals surface area contributed by atoms with Gasteiger partial charge < -0.3 is 10.1 Å². The lowest BCUT2D eigenvalue weighted by Gasteiger charge is -2.18. The monoisotopic (exact) mass is 288 g/mol. The Balaban J connectivity index is 1.57. The molecule has 0 aromatic heterocycles. The molecule has 4 heteroatoms. The van der Waals surface area contributed by atoms with E-state index >= 15 is 0 Å². The standard InChI is InChI=1S/C17H24N2O2/c20-17(16-8-5-11-21-16)18-12-14-6-1-2-7-15(14)13-19-9-3-4-10-19/h1-2,6-7,16H,3-5,8-13H2,(H,18,20)/t16-/m0/s1. The molecule has 3 rings (SSSR count). The quantitative estimate of drug-likeness (QED) is 0.902. The Kier molecular flexibility index (Phi) is 4.88. The van der Waals surface area contributed by atoms with Crippen LogP contribution in [-0.2, 0) is 22.6 Å². The van der Waals surface area contributed by atoms with E-state index < -0.39 is 0 Å². The summed E-state index contributed by atoms with van der Waals surface area (Å²) in [6.07, 6.45) is 4.21. The molecule has 1 aromatic rings. The summed E-state index contributed by atoms with van der Waals surface area (Å²) < 4.78 is 5.42. The second kappa shape index (κ2) is 7.05. The molecule has 0 unspecified atom stereocenters. The smallest absolute Gasteiger partial charge is 0.249 e. The zero-order valence-corrected chi connectivity index (χ0v) is 12.5. The number of carbonyl (C=O) groups excluding carboxylic acids is 1. The van der Waals surface area contributed by atoms with Crippen LogP contribution in [-0.4, -0.2) is 36.6 Å². The van der Waals surface area contributed by atoms with Gasteiger partial charge in [0.05, 0.1) is 0 Å². The molecule has 2 heterocycles. The second-order valence-corrected chi connectivity index (χ2v) is 5.97. The summed E-state index contributed by atoms with van der Waals surface area (Å²) in [5, 5.41) is 3.02. The average molecular weight is 288 g/mol. The Morgan fingerprint density at radius 1 is 1.19 bits per heavy atom. The van der Waals surface area contributed by atoms with Crippen LogP contribution < -0.4 is 5.32 Å². The SMILES string of the molecule is O=C(NCc1ccccc1CN1CCCC1)[C@@H]1CCCO1. The van der Waals surface area contributed by atoms with Gasteiger partial charge in [0.1, 0.15) is 6.10 Å². The first-order valence-electron chi connectivity index (χ1n) is 8.01. The van der Waals surface area contributed by atoms with Crippen LogP contribution in [0.15, 0.2) is 24.3 Å². The Morgan fingerprint density at radius 3 is 2.67 bits per heavy atom. The van der Waals surface area contributed by atoms with Gasteiger partial charge in [0.2, 0.25) is 5.91 Å². The van der Waals surface area contributed by atoms with E-state index in [1.807, 2.05) is 6.07 Å². The minimum absolute atomic E-state index is 0.0310. The molecule has 21 heavy (non-hydrogen) atoms. The van der Waals surface area contributed by atoms with Gasteiger partial charge in [0, 0.05) is 19.7 Å². The minimum Gasteiger partial charge on any atom is -0.368 e. The number of hydrogen-bond donors (Lipinski definition) is 1. The molecule has 0 saturated carbocycles. The lowest BCUT2D eigenvalue weighted by atomic mass is 10.1. The van der Waals surface area contributed by atoms with E-state index in [9.17, 15) is 4.79 Å². The van der Waals surface area contributed by atoms with E-state index in [0.29, 0.717) is 13.2 Å². The minimum atomic E-state index is -0.240. The van der Waals surface area contributed by atoms with Crippen LogP contribution in [0.25, 0.3) is 0 Å². The predicted molar refractivity (Wildman–Crippen MR) is 81.8 cm³/mol. The number of nitrogens with one attached hydrogen (secondary N) is 1. The molecule has 1 N–H and O–H groups in total. The lowest BCUT2D eigenvalue weighted by molar-refractivity contribution is -0.130. The summed E-state index contributed by atoms with van der Waals surface area (Å²) in [6.45, 7) is 4.69. The van der Waals surface area contributed by atoms with Gasteiger partial charge >= 0.3 is 0 Å². The zero-order chi connectivity index (χ0) is 14.5. The van der Waals surface area contributed by atoms with Gasteiger partial charge in [-0.1, -0.05) is 24.3 Å². The highest BCUT2D eigenvalue weighted by molar-refractivity contribution is 5.80. The van der Waals surface area contributed by atoms with Crippen molar-refractivity contribution in [3.63, 3.8) is 0 Å². The number of ether oxygens (including phenoxy) is 1. The maximum atomic E-state index is 12.0. The van der Waals surface area contributed by atoms with Crippen LogP contribution in [0.3, 0.4) is 0 Å². The molecule has 0 aliphatic carbocycles. The van der Waals surface area contributed by atoms with E-state index in [4.69, 9.17) is 4.74 Å². The van der Waals surface area contributed by atoms with Crippen molar-refractivity contribution in [2.45, 2.75) is 44.9 Å². The third-order valence-corrected chi connectivity index (χ3v) is 4.39. The zero-order valence-electron chi connectivity index (χ0n) is 12.5. The summed E-state index contributed by atoms with van der Waals surface area (Å²) in [4.78, 5) is 14.5. The molecule has 1 atom stereocenters. The van der Waals surface area contributed by atoms with Crippen LogP contribution in [0.4, 0.5) is 0 Å². The molecular weight excluding hydrogens is 264 g/mol. The number of benzene rings is 1. The molecule has 4 nitrogen and oxygen atoms in total. The second-order valence-electron chi connectivity index (χ2n) is 5.97. The van der Waals surface area contributed by atoms with Gasteiger partial charge in [-0.05, 0) is 49.9 Å². The molecule has 0 bridgehead atoms. The summed E-state index contributed by atoms with van der Waals surface area (Å²) >= 11 is 0. The highest BCUT2D eigenvalue weighted by Crippen LogP contribution is 2.17. The lowest BCUT2D eigenvalue weighted by Crippen LogP contribution is -2.34. The van der Waals surface area contributed by atoms with Crippen molar-refractivity contribution in [2.75, 3.05) is 19.7 Å². The molecule has 2 aliphatic rings. The number of amides is 1. The molecule has 2 aliphatic heterocycles. The van der Waals surface area contributed by atoms with Crippen molar-refractivity contribution >= 4 is 5.91 Å². The van der Waals surface area contributed by atoms with Crippen LogP contribution in [0, 0.1) is 0 Å².